The molecule has 41 heavy (non-hydrogen) atoms. The third-order valence-corrected chi connectivity index (χ3v) is 8.65. The van der Waals surface area contributed by atoms with Crippen LogP contribution in [0.3, 0.4) is 0 Å². The van der Waals surface area contributed by atoms with Crippen molar-refractivity contribution in [2.75, 3.05) is 62.7 Å². The number of aromatic nitrogens is 2. The lowest BCUT2D eigenvalue weighted by atomic mass is 9.97. The number of piperazine rings is 1. The Balaban J connectivity index is 1.32. The number of nitrogens with one attached hydrogen (secondary N) is 2. The standard InChI is InChI=1S/C27H38ClN9O3S/c1-3-21-18-36(26-24(28)33-23(25(30)34-26)27(38)31-10-11-32-41(2,39)40)14-15-37(21)22-8-12-35(13-9-22)17-20-6-4-19(16-29)5-7-20/h4-7,21-22,32H,3,8-15,17-18H2,1-2H3,(H2,30,34)(H,31,38). The highest BCUT2D eigenvalue weighted by atomic mass is 35.5. The van der Waals surface area contributed by atoms with Crippen LogP contribution in [0.4, 0.5) is 11.6 Å². The van der Waals surface area contributed by atoms with Crippen molar-refractivity contribution >= 4 is 39.2 Å². The molecule has 0 spiro atoms. The molecule has 1 amide bonds. The van der Waals surface area contributed by atoms with E-state index < -0.39 is 15.9 Å². The summed E-state index contributed by atoms with van der Waals surface area (Å²) in [7, 11) is -3.35. The maximum Gasteiger partial charge on any atom is 0.273 e. The van der Waals surface area contributed by atoms with Gasteiger partial charge in [-0.15, -0.1) is 0 Å². The molecule has 2 fully saturated rings. The largest absolute Gasteiger partial charge is 0.382 e. The van der Waals surface area contributed by atoms with Crippen molar-refractivity contribution in [3.63, 3.8) is 0 Å². The smallest absolute Gasteiger partial charge is 0.273 e. The maximum atomic E-state index is 12.5. The van der Waals surface area contributed by atoms with E-state index in [9.17, 15) is 13.2 Å². The zero-order valence-corrected chi connectivity index (χ0v) is 25.1. The van der Waals surface area contributed by atoms with Crippen molar-refractivity contribution < 1.29 is 13.2 Å². The highest BCUT2D eigenvalue weighted by Crippen LogP contribution is 2.30. The molecule has 4 N–H and O–H groups in total. The summed E-state index contributed by atoms with van der Waals surface area (Å²) < 4.78 is 24.7. The van der Waals surface area contributed by atoms with Crippen LogP contribution in [0.2, 0.25) is 5.15 Å². The Labute approximate surface area is 246 Å². The number of rotatable bonds is 10. The van der Waals surface area contributed by atoms with Gasteiger partial charge in [-0.3, -0.25) is 14.6 Å². The van der Waals surface area contributed by atoms with E-state index in [0.29, 0.717) is 23.5 Å². The molecular formula is C27H38ClN9O3S. The number of carbonyl (C=O) groups is 1. The molecule has 2 saturated heterocycles. The van der Waals surface area contributed by atoms with Gasteiger partial charge in [0.25, 0.3) is 5.91 Å². The van der Waals surface area contributed by atoms with Crippen LogP contribution in [-0.4, -0.2) is 98.2 Å². The Kier molecular flexibility index (Phi) is 10.4. The Bertz CT molecular complexity index is 1360. The Morgan fingerprint density at radius 2 is 1.85 bits per heavy atom. The summed E-state index contributed by atoms with van der Waals surface area (Å²) in [5.74, 6) is -0.126. The predicted molar refractivity (Wildman–Crippen MR) is 159 cm³/mol. The second-order valence-electron chi connectivity index (χ2n) is 10.6. The summed E-state index contributed by atoms with van der Waals surface area (Å²) in [6.07, 6.45) is 4.22. The average Bonchev–Trinajstić information content (AvgIpc) is 2.96. The van der Waals surface area contributed by atoms with Gasteiger partial charge in [-0.25, -0.2) is 23.1 Å². The average molecular weight is 604 g/mol. The molecule has 14 heteroatoms. The topological polar surface area (TPSA) is 161 Å². The SMILES string of the molecule is CCC1CN(c2nc(N)c(C(=O)NCCNS(C)(=O)=O)nc2Cl)CCN1C1CCN(Cc2ccc(C#N)cc2)CC1. The molecule has 0 bridgehead atoms. The third kappa shape index (κ3) is 8.27. The molecule has 2 aliphatic rings. The minimum Gasteiger partial charge on any atom is -0.382 e. The number of amides is 1. The first-order chi connectivity index (χ1) is 19.6. The van der Waals surface area contributed by atoms with E-state index in [0.717, 1.165) is 64.8 Å². The molecular weight excluding hydrogens is 566 g/mol. The second kappa shape index (κ2) is 13.8. The number of nitrogen functional groups attached to an aromatic ring is 1. The van der Waals surface area contributed by atoms with Crippen LogP contribution in [0.5, 0.6) is 0 Å². The maximum absolute atomic E-state index is 12.5. The third-order valence-electron chi connectivity index (χ3n) is 7.67. The van der Waals surface area contributed by atoms with E-state index in [-0.39, 0.29) is 29.8 Å². The number of anilines is 2. The van der Waals surface area contributed by atoms with Gasteiger partial charge < -0.3 is 16.0 Å². The molecule has 2 aliphatic heterocycles. The number of hydrogen-bond donors (Lipinski definition) is 3. The summed E-state index contributed by atoms with van der Waals surface area (Å²) >= 11 is 6.50. The zero-order chi connectivity index (χ0) is 29.6. The van der Waals surface area contributed by atoms with Gasteiger partial charge in [0.2, 0.25) is 10.0 Å². The minimum absolute atomic E-state index is 0.0249. The van der Waals surface area contributed by atoms with Crippen molar-refractivity contribution in [1.82, 2.24) is 29.8 Å². The van der Waals surface area contributed by atoms with Crippen LogP contribution in [0.25, 0.3) is 0 Å². The van der Waals surface area contributed by atoms with Gasteiger partial charge in [0.1, 0.15) is 0 Å². The quantitative estimate of drug-likeness (QED) is 0.339. The molecule has 4 rings (SSSR count). The van der Waals surface area contributed by atoms with Gasteiger partial charge in [-0.2, -0.15) is 5.26 Å². The molecule has 1 aromatic heterocycles. The van der Waals surface area contributed by atoms with Crippen LogP contribution in [0.1, 0.15) is 47.8 Å². The van der Waals surface area contributed by atoms with Gasteiger partial charge in [-0.1, -0.05) is 30.7 Å². The minimum atomic E-state index is -3.35. The van der Waals surface area contributed by atoms with E-state index in [4.69, 9.17) is 22.6 Å². The Morgan fingerprint density at radius 1 is 1.15 bits per heavy atom. The zero-order valence-electron chi connectivity index (χ0n) is 23.5. The molecule has 2 aromatic rings. The monoisotopic (exact) mass is 603 g/mol. The van der Waals surface area contributed by atoms with Crippen molar-refractivity contribution in [3.05, 3.63) is 46.2 Å². The number of carbonyl (C=O) groups excluding carboxylic acids is 1. The second-order valence-corrected chi connectivity index (χ2v) is 12.7. The Morgan fingerprint density at radius 3 is 2.49 bits per heavy atom. The molecule has 1 aromatic carbocycles. The van der Waals surface area contributed by atoms with Crippen LogP contribution in [0, 0.1) is 11.3 Å². The number of likely N-dealkylation sites (tertiary alicyclic amines) is 1. The number of piperidine rings is 1. The van der Waals surface area contributed by atoms with Crippen LogP contribution in [0.15, 0.2) is 24.3 Å². The molecule has 12 nitrogen and oxygen atoms in total. The fraction of sp³-hybridized carbons (Fsp3) is 0.556. The summed E-state index contributed by atoms with van der Waals surface area (Å²) in [6.45, 7) is 7.58. The summed E-state index contributed by atoms with van der Waals surface area (Å²) in [6, 6.07) is 10.8. The highest BCUT2D eigenvalue weighted by molar-refractivity contribution is 7.88. The molecule has 1 atom stereocenters. The number of nitriles is 1. The fourth-order valence-corrected chi connectivity index (χ4v) is 6.26. The molecule has 0 aliphatic carbocycles. The number of nitrogens with two attached hydrogens (primary N) is 1. The number of nitrogens with zero attached hydrogens (tertiary/aromatic N) is 6. The first-order valence-electron chi connectivity index (χ1n) is 13.9. The van der Waals surface area contributed by atoms with E-state index in [1.807, 2.05) is 24.3 Å². The number of halogens is 1. The van der Waals surface area contributed by atoms with Crippen molar-refractivity contribution in [1.29, 1.82) is 5.26 Å². The first kappa shape index (κ1) is 30.9. The van der Waals surface area contributed by atoms with Gasteiger partial charge in [0, 0.05) is 51.4 Å². The number of hydrogen-bond acceptors (Lipinski definition) is 10. The van der Waals surface area contributed by atoms with E-state index in [1.54, 1.807) is 0 Å². The van der Waals surface area contributed by atoms with Gasteiger partial charge >= 0.3 is 0 Å². The van der Waals surface area contributed by atoms with E-state index >= 15 is 0 Å². The molecule has 0 saturated carbocycles. The normalized spacial score (nSPS) is 19.2. The summed E-state index contributed by atoms with van der Waals surface area (Å²) in [5, 5.41) is 11.7. The summed E-state index contributed by atoms with van der Waals surface area (Å²) in [4.78, 5) is 28.4. The molecule has 222 valence electrons. The lowest BCUT2D eigenvalue weighted by Gasteiger charge is -2.47. The molecule has 0 radical (unpaired) electrons. The lowest BCUT2D eigenvalue weighted by Crippen LogP contribution is -2.58. The summed E-state index contributed by atoms with van der Waals surface area (Å²) in [5.41, 5.74) is 7.93. The van der Waals surface area contributed by atoms with Crippen molar-refractivity contribution in [2.24, 2.45) is 0 Å². The van der Waals surface area contributed by atoms with Crippen LogP contribution >= 0.6 is 11.6 Å². The van der Waals surface area contributed by atoms with Gasteiger partial charge in [0.15, 0.2) is 22.5 Å². The highest BCUT2D eigenvalue weighted by Gasteiger charge is 2.34. The number of sulfonamides is 1. The first-order valence-corrected chi connectivity index (χ1v) is 16.1. The lowest BCUT2D eigenvalue weighted by molar-refractivity contribution is 0.0610. The van der Waals surface area contributed by atoms with E-state index in [1.165, 1.54) is 5.56 Å². The van der Waals surface area contributed by atoms with Crippen LogP contribution in [-0.2, 0) is 16.6 Å². The van der Waals surface area contributed by atoms with Crippen molar-refractivity contribution in [3.8, 4) is 6.07 Å². The van der Waals surface area contributed by atoms with Gasteiger partial charge in [-0.05, 0) is 50.0 Å². The Hall–Kier alpha value is -3.02. The fourth-order valence-electron chi connectivity index (χ4n) is 5.54. The molecule has 3 heterocycles. The predicted octanol–water partition coefficient (Wildman–Crippen LogP) is 1.43. The van der Waals surface area contributed by atoms with E-state index in [2.05, 4.69) is 47.7 Å². The molecule has 1 unspecified atom stereocenters. The van der Waals surface area contributed by atoms with Crippen LogP contribution < -0.4 is 20.7 Å². The van der Waals surface area contributed by atoms with Crippen molar-refractivity contribution in [2.45, 2.75) is 44.8 Å². The van der Waals surface area contributed by atoms with Gasteiger partial charge in [0.05, 0.1) is 17.9 Å². The number of benzene rings is 1.